The maximum atomic E-state index is 12.9. The summed E-state index contributed by atoms with van der Waals surface area (Å²) in [6.07, 6.45) is 1.60. The summed E-state index contributed by atoms with van der Waals surface area (Å²) < 4.78 is 6.12. The summed E-state index contributed by atoms with van der Waals surface area (Å²) in [4.78, 5) is 14.6. The molecule has 1 amide bonds. The fraction of sp³-hybridized carbons (Fsp3) is 0.611. The minimum atomic E-state index is -1.01. The molecule has 2 unspecified atom stereocenters. The molecule has 0 saturated heterocycles. The molecule has 7 heteroatoms. The van der Waals surface area contributed by atoms with Gasteiger partial charge in [0.05, 0.1) is 0 Å². The average Bonchev–Trinajstić information content (AvgIpc) is 2.54. The largest absolute Gasteiger partial charge is 0.370 e. The lowest BCUT2D eigenvalue weighted by molar-refractivity contribution is -0.0705. The summed E-state index contributed by atoms with van der Waals surface area (Å²) in [7, 11) is 0. The molecule has 0 aliphatic carbocycles. The smallest absolute Gasteiger partial charge is 0.255 e. The van der Waals surface area contributed by atoms with Gasteiger partial charge in [-0.1, -0.05) is 45.4 Å². The zero-order valence-corrected chi connectivity index (χ0v) is 16.9. The molecule has 0 bridgehead atoms. The van der Waals surface area contributed by atoms with Crippen molar-refractivity contribution in [3.05, 3.63) is 35.4 Å². The van der Waals surface area contributed by atoms with Gasteiger partial charge in [0, 0.05) is 25.3 Å². The van der Waals surface area contributed by atoms with Crippen LogP contribution in [0.15, 0.2) is 24.3 Å². The fourth-order valence-corrected chi connectivity index (χ4v) is 3.08. The zero-order valence-electron chi connectivity index (χ0n) is 15.2. The molecule has 2 rings (SSSR count). The van der Waals surface area contributed by atoms with Crippen molar-refractivity contribution >= 4 is 30.7 Å². The maximum Gasteiger partial charge on any atom is 0.255 e. The van der Waals surface area contributed by atoms with Crippen molar-refractivity contribution in [1.82, 2.24) is 4.90 Å². The molecule has 0 fully saturated rings. The Morgan fingerprint density at radius 2 is 1.92 bits per heavy atom. The van der Waals surface area contributed by atoms with Crippen LogP contribution in [0.3, 0.4) is 0 Å². The zero-order chi connectivity index (χ0) is 17.0. The van der Waals surface area contributed by atoms with Crippen LogP contribution in [-0.2, 0) is 4.74 Å². The van der Waals surface area contributed by atoms with Crippen molar-refractivity contribution < 1.29 is 9.53 Å². The predicted octanol–water partition coefficient (Wildman–Crippen LogP) is 3.11. The Balaban J connectivity index is 0.00000288. The van der Waals surface area contributed by atoms with E-state index in [1.54, 1.807) is 4.90 Å². The number of amides is 1. The highest BCUT2D eigenvalue weighted by atomic mass is 35.5. The monoisotopic (exact) mass is 391 g/mol. The van der Waals surface area contributed by atoms with Crippen molar-refractivity contribution in [2.24, 2.45) is 17.4 Å². The molecule has 0 aromatic heterocycles. The second kappa shape index (κ2) is 10.3. The van der Waals surface area contributed by atoms with Gasteiger partial charge in [0.15, 0.2) is 0 Å². The molecule has 1 aromatic rings. The van der Waals surface area contributed by atoms with Crippen LogP contribution in [0.2, 0.25) is 0 Å². The Labute approximate surface area is 163 Å². The van der Waals surface area contributed by atoms with Gasteiger partial charge in [-0.05, 0) is 24.0 Å². The van der Waals surface area contributed by atoms with Crippen molar-refractivity contribution in [3.8, 4) is 0 Å². The lowest BCUT2D eigenvalue weighted by Gasteiger charge is -2.49. The highest BCUT2D eigenvalue weighted by molar-refractivity contribution is 5.97. The highest BCUT2D eigenvalue weighted by Crippen LogP contribution is 2.38. The first-order valence-electron chi connectivity index (χ1n) is 8.47. The maximum absolute atomic E-state index is 12.9. The molecule has 0 saturated carbocycles. The van der Waals surface area contributed by atoms with Gasteiger partial charge in [-0.25, -0.2) is 0 Å². The SMILES string of the molecule is CCCCOC1c2ccccc2C(=O)N(CC(C)C)C1(N)CN.Cl.Cl. The quantitative estimate of drug-likeness (QED) is 0.699. The first-order chi connectivity index (χ1) is 11.0. The number of carbonyl (C=O) groups excluding carboxylic acids is 1. The molecule has 1 aliphatic heterocycles. The van der Waals surface area contributed by atoms with Crippen LogP contribution in [0.4, 0.5) is 0 Å². The molecule has 4 N–H and O–H groups in total. The molecule has 144 valence electrons. The summed E-state index contributed by atoms with van der Waals surface area (Å²) in [5, 5.41) is 0. The third kappa shape index (κ3) is 4.86. The molecule has 0 radical (unpaired) electrons. The van der Waals surface area contributed by atoms with E-state index >= 15 is 0 Å². The van der Waals surface area contributed by atoms with E-state index in [-0.39, 0.29) is 37.3 Å². The predicted molar refractivity (Wildman–Crippen MR) is 106 cm³/mol. The van der Waals surface area contributed by atoms with Gasteiger partial charge in [0.1, 0.15) is 11.8 Å². The van der Waals surface area contributed by atoms with Crippen LogP contribution in [0.25, 0.3) is 0 Å². The minimum Gasteiger partial charge on any atom is -0.370 e. The second-order valence-corrected chi connectivity index (χ2v) is 6.70. The number of halogens is 2. The van der Waals surface area contributed by atoms with E-state index in [4.69, 9.17) is 16.2 Å². The topological polar surface area (TPSA) is 81.6 Å². The number of rotatable bonds is 7. The number of ether oxygens (including phenoxy) is 1. The van der Waals surface area contributed by atoms with Crippen LogP contribution < -0.4 is 11.5 Å². The van der Waals surface area contributed by atoms with Gasteiger partial charge in [-0.15, -0.1) is 24.8 Å². The summed E-state index contributed by atoms with van der Waals surface area (Å²) >= 11 is 0. The van der Waals surface area contributed by atoms with E-state index in [1.807, 2.05) is 24.3 Å². The molecule has 5 nitrogen and oxygen atoms in total. The Kier molecular flexibility index (Phi) is 9.98. The Bertz CT molecular complexity index is 557. The van der Waals surface area contributed by atoms with Gasteiger partial charge in [-0.3, -0.25) is 4.79 Å². The summed E-state index contributed by atoms with van der Waals surface area (Å²) in [5.74, 6) is 0.243. The lowest BCUT2D eigenvalue weighted by atomic mass is 9.85. The number of nitrogens with zero attached hydrogens (tertiary/aromatic N) is 1. The fourth-order valence-electron chi connectivity index (χ4n) is 3.08. The molecular weight excluding hydrogens is 361 g/mol. The van der Waals surface area contributed by atoms with E-state index < -0.39 is 11.8 Å². The van der Waals surface area contributed by atoms with E-state index in [1.165, 1.54) is 0 Å². The van der Waals surface area contributed by atoms with Gasteiger partial charge in [0.2, 0.25) is 0 Å². The number of carbonyl (C=O) groups is 1. The van der Waals surface area contributed by atoms with Crippen molar-refractivity contribution in [3.63, 3.8) is 0 Å². The molecule has 25 heavy (non-hydrogen) atoms. The van der Waals surface area contributed by atoms with Crippen LogP contribution in [-0.4, -0.2) is 36.2 Å². The summed E-state index contributed by atoms with van der Waals surface area (Å²) in [5.41, 5.74) is 13.2. The van der Waals surface area contributed by atoms with Crippen molar-refractivity contribution in [1.29, 1.82) is 0 Å². The van der Waals surface area contributed by atoms with E-state index in [9.17, 15) is 4.79 Å². The number of hydrogen-bond donors (Lipinski definition) is 2. The number of nitrogens with two attached hydrogens (primary N) is 2. The van der Waals surface area contributed by atoms with E-state index in [0.29, 0.717) is 24.6 Å². The molecular formula is C18H31Cl2N3O2. The van der Waals surface area contributed by atoms with Crippen LogP contribution in [0, 0.1) is 5.92 Å². The third-order valence-electron chi connectivity index (χ3n) is 4.33. The summed E-state index contributed by atoms with van der Waals surface area (Å²) in [6, 6.07) is 7.56. The van der Waals surface area contributed by atoms with E-state index in [2.05, 4.69) is 20.8 Å². The Morgan fingerprint density at radius 1 is 1.28 bits per heavy atom. The minimum absolute atomic E-state index is 0. The Hall–Kier alpha value is -0.850. The van der Waals surface area contributed by atoms with Crippen LogP contribution in [0.5, 0.6) is 0 Å². The van der Waals surface area contributed by atoms with Gasteiger partial charge >= 0.3 is 0 Å². The lowest BCUT2D eigenvalue weighted by Crippen LogP contribution is -2.69. The summed E-state index contributed by atoms with van der Waals surface area (Å²) in [6.45, 7) is 7.59. The Morgan fingerprint density at radius 3 is 2.48 bits per heavy atom. The molecule has 1 aliphatic rings. The number of hydrogen-bond acceptors (Lipinski definition) is 4. The van der Waals surface area contributed by atoms with Crippen molar-refractivity contribution in [2.75, 3.05) is 19.7 Å². The highest BCUT2D eigenvalue weighted by Gasteiger charge is 2.49. The van der Waals surface area contributed by atoms with Crippen molar-refractivity contribution in [2.45, 2.75) is 45.4 Å². The average molecular weight is 392 g/mol. The third-order valence-corrected chi connectivity index (χ3v) is 4.33. The second-order valence-electron chi connectivity index (χ2n) is 6.70. The van der Waals surface area contributed by atoms with Gasteiger partial charge in [0.25, 0.3) is 5.91 Å². The van der Waals surface area contributed by atoms with Gasteiger partial charge in [-0.2, -0.15) is 0 Å². The number of fused-ring (bicyclic) bond motifs is 1. The molecule has 0 spiro atoms. The first kappa shape index (κ1) is 24.1. The number of benzene rings is 1. The van der Waals surface area contributed by atoms with Crippen LogP contribution >= 0.6 is 24.8 Å². The normalized spacial score (nSPS) is 22.2. The first-order valence-corrected chi connectivity index (χ1v) is 8.47. The van der Waals surface area contributed by atoms with E-state index in [0.717, 1.165) is 18.4 Å². The standard InChI is InChI=1S/C18H29N3O2.2ClH/c1-4-5-10-23-16-14-8-6-7-9-15(14)17(22)21(11-13(2)3)18(16,20)12-19;;/h6-9,13,16H,4-5,10-12,19-20H2,1-3H3;2*1H. The van der Waals surface area contributed by atoms with Crippen LogP contribution in [0.1, 0.15) is 55.6 Å². The molecule has 2 atom stereocenters. The molecule has 1 aromatic carbocycles. The van der Waals surface area contributed by atoms with Gasteiger partial charge < -0.3 is 21.1 Å². The molecule has 1 heterocycles. The number of unbranched alkanes of at least 4 members (excludes halogenated alkanes) is 1.